The molecular formula is C26H28N4OS2. The van der Waals surface area contributed by atoms with Crippen LogP contribution in [0.1, 0.15) is 50.4 Å². The fraction of sp³-hybridized carbons (Fsp3) is 0.308. The van der Waals surface area contributed by atoms with Gasteiger partial charge in [-0.05, 0) is 25.5 Å². The topological polar surface area (TPSA) is 51.0 Å². The van der Waals surface area contributed by atoms with E-state index < -0.39 is 0 Å². The van der Waals surface area contributed by atoms with Crippen LogP contribution in [0.2, 0.25) is 0 Å². The number of nitrogens with zero attached hydrogens (tertiary/aromatic N) is 4. The second-order valence-electron chi connectivity index (χ2n) is 8.15. The molecule has 0 radical (unpaired) electrons. The number of hydrogen-bond donors (Lipinski definition) is 0. The molecular weight excluding hydrogens is 448 g/mol. The van der Waals surface area contributed by atoms with Gasteiger partial charge in [0.15, 0.2) is 11.6 Å². The van der Waals surface area contributed by atoms with Crippen molar-refractivity contribution in [1.29, 1.82) is 0 Å². The monoisotopic (exact) mass is 476 g/mol. The molecule has 0 N–H and O–H groups in total. The van der Waals surface area contributed by atoms with Gasteiger partial charge in [0, 0.05) is 18.2 Å². The maximum absolute atomic E-state index is 13.1. The zero-order valence-electron chi connectivity index (χ0n) is 19.0. The van der Waals surface area contributed by atoms with E-state index in [0.717, 1.165) is 24.1 Å². The number of hydrogen-bond acceptors (Lipinski definition) is 5. The van der Waals surface area contributed by atoms with E-state index in [1.165, 1.54) is 36.6 Å². The third-order valence-corrected chi connectivity index (χ3v) is 6.94. The van der Waals surface area contributed by atoms with Gasteiger partial charge in [-0.15, -0.1) is 5.10 Å². The van der Waals surface area contributed by atoms with E-state index in [2.05, 4.69) is 13.8 Å². The molecule has 1 aliphatic heterocycles. The minimum Gasteiger partial charge on any atom is -0.293 e. The number of rotatable bonds is 9. The summed E-state index contributed by atoms with van der Waals surface area (Å²) < 4.78 is 2.40. The van der Waals surface area contributed by atoms with Crippen LogP contribution in [0.3, 0.4) is 0 Å². The molecule has 1 saturated heterocycles. The van der Waals surface area contributed by atoms with E-state index in [-0.39, 0.29) is 5.91 Å². The van der Waals surface area contributed by atoms with Crippen molar-refractivity contribution in [2.45, 2.75) is 46.0 Å². The van der Waals surface area contributed by atoms with Gasteiger partial charge in [-0.25, -0.2) is 9.67 Å². The van der Waals surface area contributed by atoms with E-state index in [1.54, 1.807) is 9.58 Å². The van der Waals surface area contributed by atoms with Crippen LogP contribution in [0.15, 0.2) is 59.5 Å². The van der Waals surface area contributed by atoms with Crippen LogP contribution < -0.4 is 0 Å². The van der Waals surface area contributed by atoms with Crippen LogP contribution in [-0.4, -0.2) is 36.4 Å². The predicted molar refractivity (Wildman–Crippen MR) is 140 cm³/mol. The van der Waals surface area contributed by atoms with Crippen molar-refractivity contribution in [3.63, 3.8) is 0 Å². The van der Waals surface area contributed by atoms with Crippen molar-refractivity contribution in [3.05, 3.63) is 70.9 Å². The number of unbranched alkanes of at least 4 members (excludes halogenated alkanes) is 4. The fourth-order valence-electron chi connectivity index (χ4n) is 3.69. The number of amides is 1. The van der Waals surface area contributed by atoms with E-state index >= 15 is 0 Å². The first-order chi connectivity index (χ1) is 16.1. The lowest BCUT2D eigenvalue weighted by Gasteiger charge is -2.13. The van der Waals surface area contributed by atoms with Gasteiger partial charge in [0.1, 0.15) is 4.32 Å². The quantitative estimate of drug-likeness (QED) is 0.203. The van der Waals surface area contributed by atoms with Crippen molar-refractivity contribution in [3.8, 4) is 17.1 Å². The summed E-state index contributed by atoms with van der Waals surface area (Å²) in [4.78, 5) is 20.2. The van der Waals surface area contributed by atoms with Crippen molar-refractivity contribution < 1.29 is 4.79 Å². The van der Waals surface area contributed by atoms with Crippen molar-refractivity contribution in [2.75, 3.05) is 6.54 Å². The SMILES string of the molecule is CCCCCCCN1C(=O)C(=Cc2nc(-c3ccc(C)cc3)nn2-c2ccccc2)SC1=S. The minimum absolute atomic E-state index is 0.0417. The van der Waals surface area contributed by atoms with Crippen molar-refractivity contribution in [1.82, 2.24) is 19.7 Å². The Morgan fingerprint density at radius 2 is 1.73 bits per heavy atom. The first-order valence-corrected chi connectivity index (χ1v) is 12.6. The molecule has 5 nitrogen and oxygen atoms in total. The third kappa shape index (κ3) is 5.60. The molecule has 0 atom stereocenters. The summed E-state index contributed by atoms with van der Waals surface area (Å²) in [6.45, 7) is 4.92. The molecule has 170 valence electrons. The Bertz CT molecular complexity index is 1150. The van der Waals surface area contributed by atoms with Gasteiger partial charge in [0.2, 0.25) is 0 Å². The second kappa shape index (κ2) is 10.9. The summed E-state index contributed by atoms with van der Waals surface area (Å²) in [5.74, 6) is 1.19. The van der Waals surface area contributed by atoms with Crippen LogP contribution in [-0.2, 0) is 4.79 Å². The molecule has 0 spiro atoms. The summed E-state index contributed by atoms with van der Waals surface area (Å²) in [7, 11) is 0. The Morgan fingerprint density at radius 3 is 2.45 bits per heavy atom. The van der Waals surface area contributed by atoms with E-state index in [4.69, 9.17) is 22.3 Å². The molecule has 1 amide bonds. The van der Waals surface area contributed by atoms with Crippen molar-refractivity contribution in [2.24, 2.45) is 0 Å². The molecule has 0 bridgehead atoms. The molecule has 7 heteroatoms. The average Bonchev–Trinajstić information content (AvgIpc) is 3.36. The molecule has 0 unspecified atom stereocenters. The smallest absolute Gasteiger partial charge is 0.266 e. The number of thioether (sulfide) groups is 1. The van der Waals surface area contributed by atoms with Gasteiger partial charge >= 0.3 is 0 Å². The Hall–Kier alpha value is -2.77. The van der Waals surface area contributed by atoms with Gasteiger partial charge in [-0.1, -0.05) is 105 Å². The first kappa shape index (κ1) is 23.4. The van der Waals surface area contributed by atoms with Crippen LogP contribution >= 0.6 is 24.0 Å². The summed E-state index contributed by atoms with van der Waals surface area (Å²) in [5, 5.41) is 4.76. The summed E-state index contributed by atoms with van der Waals surface area (Å²) in [6.07, 6.45) is 7.54. The number of thiocarbonyl (C=S) groups is 1. The second-order valence-corrected chi connectivity index (χ2v) is 9.83. The molecule has 2 heterocycles. The average molecular weight is 477 g/mol. The number of para-hydroxylation sites is 1. The largest absolute Gasteiger partial charge is 0.293 e. The number of carbonyl (C=O) groups is 1. The Labute approximate surface area is 204 Å². The van der Waals surface area contributed by atoms with Gasteiger partial charge in [0.05, 0.1) is 10.6 Å². The maximum Gasteiger partial charge on any atom is 0.266 e. The highest BCUT2D eigenvalue weighted by Crippen LogP contribution is 2.33. The van der Waals surface area contributed by atoms with Crippen LogP contribution in [0.25, 0.3) is 23.2 Å². The molecule has 2 aromatic carbocycles. The van der Waals surface area contributed by atoms with Crippen LogP contribution in [0.5, 0.6) is 0 Å². The predicted octanol–water partition coefficient (Wildman–Crippen LogP) is 6.41. The van der Waals surface area contributed by atoms with Gasteiger partial charge < -0.3 is 0 Å². The number of carbonyl (C=O) groups excluding carboxylic acids is 1. The minimum atomic E-state index is -0.0417. The molecule has 0 aliphatic carbocycles. The summed E-state index contributed by atoms with van der Waals surface area (Å²) >= 11 is 6.86. The molecule has 1 fully saturated rings. The molecule has 3 aromatic rings. The molecule has 1 aliphatic rings. The highest BCUT2D eigenvalue weighted by Gasteiger charge is 2.32. The molecule has 4 rings (SSSR count). The van der Waals surface area contributed by atoms with E-state index in [9.17, 15) is 4.79 Å². The third-order valence-electron chi connectivity index (χ3n) is 5.56. The Balaban J connectivity index is 1.61. The number of aromatic nitrogens is 3. The van der Waals surface area contributed by atoms with Crippen molar-refractivity contribution >= 4 is 40.3 Å². The number of benzene rings is 2. The molecule has 1 aromatic heterocycles. The maximum atomic E-state index is 13.1. The zero-order valence-corrected chi connectivity index (χ0v) is 20.7. The molecule has 33 heavy (non-hydrogen) atoms. The lowest BCUT2D eigenvalue weighted by molar-refractivity contribution is -0.122. The number of aryl methyl sites for hydroxylation is 1. The van der Waals surface area contributed by atoms with E-state index in [0.29, 0.717) is 27.4 Å². The van der Waals surface area contributed by atoms with E-state index in [1.807, 2.05) is 60.7 Å². The fourth-order valence-corrected chi connectivity index (χ4v) is 4.96. The Kier molecular flexibility index (Phi) is 7.73. The summed E-state index contributed by atoms with van der Waals surface area (Å²) in [6, 6.07) is 18.0. The highest BCUT2D eigenvalue weighted by molar-refractivity contribution is 8.26. The lowest BCUT2D eigenvalue weighted by Crippen LogP contribution is -2.29. The van der Waals surface area contributed by atoms with Crippen LogP contribution in [0.4, 0.5) is 0 Å². The lowest BCUT2D eigenvalue weighted by atomic mass is 10.1. The first-order valence-electron chi connectivity index (χ1n) is 11.4. The summed E-state index contributed by atoms with van der Waals surface area (Å²) in [5.41, 5.74) is 3.01. The van der Waals surface area contributed by atoms with Gasteiger partial charge in [0.25, 0.3) is 5.91 Å². The molecule has 0 saturated carbocycles. The Morgan fingerprint density at radius 1 is 1.00 bits per heavy atom. The standard InChI is InChI=1S/C26H28N4OS2/c1-3-4-5-6-10-17-29-25(31)22(33-26(29)32)18-23-27-24(20-15-13-19(2)14-16-20)28-30(23)21-11-8-7-9-12-21/h7-9,11-16,18H,3-6,10,17H2,1-2H3. The van der Waals surface area contributed by atoms with Gasteiger partial charge in [-0.3, -0.25) is 9.69 Å². The van der Waals surface area contributed by atoms with Gasteiger partial charge in [-0.2, -0.15) is 0 Å². The highest BCUT2D eigenvalue weighted by atomic mass is 32.2. The zero-order chi connectivity index (χ0) is 23.2. The normalized spacial score (nSPS) is 15.1. The van der Waals surface area contributed by atoms with Crippen LogP contribution in [0, 0.1) is 6.92 Å².